The number of rotatable bonds is 4. The van der Waals surface area contributed by atoms with E-state index >= 15 is 0 Å². The number of piperidine rings is 1. The number of nitrogens with zero attached hydrogens (tertiary/aromatic N) is 6. The van der Waals surface area contributed by atoms with Gasteiger partial charge in [-0.25, -0.2) is 0 Å². The van der Waals surface area contributed by atoms with E-state index in [1.807, 2.05) is 12.1 Å². The van der Waals surface area contributed by atoms with Crippen molar-refractivity contribution in [3.05, 3.63) is 12.1 Å². The van der Waals surface area contributed by atoms with Crippen molar-refractivity contribution in [1.29, 1.82) is 0 Å². The lowest BCUT2D eigenvalue weighted by Gasteiger charge is -2.38. The van der Waals surface area contributed by atoms with E-state index in [-0.39, 0.29) is 18.0 Å². The molecule has 3 atom stereocenters. The third-order valence-corrected chi connectivity index (χ3v) is 6.44. The molecule has 2 fully saturated rings. The summed E-state index contributed by atoms with van der Waals surface area (Å²) in [6.07, 6.45) is 5.08. The number of aromatic nitrogens is 5. The van der Waals surface area contributed by atoms with Gasteiger partial charge in [-0.05, 0) is 66.0 Å². The fraction of sp³-hybridized carbons (Fsp3) is 0.750. The minimum absolute atomic E-state index is 0.00622. The lowest BCUT2D eigenvalue weighted by molar-refractivity contribution is -0.161. The summed E-state index contributed by atoms with van der Waals surface area (Å²) in [5, 5.41) is 15.8. The summed E-state index contributed by atoms with van der Waals surface area (Å²) in [5.41, 5.74) is 0.628. The minimum atomic E-state index is -0.0157. The smallest absolute Gasteiger partial charge is 0.309 e. The zero-order chi connectivity index (χ0) is 19.7. The fourth-order valence-electron chi connectivity index (χ4n) is 4.65. The molecule has 8 heteroatoms. The molecule has 1 aliphatic carbocycles. The van der Waals surface area contributed by atoms with Gasteiger partial charge in [0.05, 0.1) is 5.92 Å². The van der Waals surface area contributed by atoms with Crippen LogP contribution in [0.15, 0.2) is 12.1 Å². The van der Waals surface area contributed by atoms with Crippen LogP contribution in [0.4, 0.5) is 5.82 Å². The average molecular weight is 387 g/mol. The summed E-state index contributed by atoms with van der Waals surface area (Å²) in [6.45, 7) is 8.33. The molecular formula is C20H30N6O2. The molecular weight excluding hydrogens is 356 g/mol. The number of hydrogen-bond donors (Lipinski definition) is 0. The predicted molar refractivity (Wildman–Crippen MR) is 105 cm³/mol. The number of anilines is 1. The second kappa shape index (κ2) is 8.01. The van der Waals surface area contributed by atoms with Gasteiger partial charge in [-0.3, -0.25) is 4.79 Å². The van der Waals surface area contributed by atoms with E-state index in [0.717, 1.165) is 38.2 Å². The van der Waals surface area contributed by atoms with Gasteiger partial charge in [0.1, 0.15) is 6.10 Å². The Balaban J connectivity index is 1.34. The molecule has 0 radical (unpaired) electrons. The van der Waals surface area contributed by atoms with Gasteiger partial charge in [0.25, 0.3) is 0 Å². The number of fused-ring (bicyclic) bond motifs is 1. The standard InChI is InChI=1S/C20H30N6O2/c1-13(2)16-5-4-14(3)12-17(16)28-20(27)15-8-10-25(11-9-15)19-7-6-18-21-23-24-26(18)22-19/h6-7,13-17H,4-5,8-12H2,1-3H3. The predicted octanol–water partition coefficient (Wildman–Crippen LogP) is 2.74. The van der Waals surface area contributed by atoms with Crippen LogP contribution in [-0.4, -0.2) is 50.4 Å². The maximum Gasteiger partial charge on any atom is 0.309 e. The largest absolute Gasteiger partial charge is 0.462 e. The third kappa shape index (κ3) is 3.95. The molecule has 2 aliphatic rings. The fourth-order valence-corrected chi connectivity index (χ4v) is 4.65. The highest BCUT2D eigenvalue weighted by Crippen LogP contribution is 2.36. The molecule has 8 nitrogen and oxygen atoms in total. The number of carbonyl (C=O) groups excluding carboxylic acids is 1. The molecule has 28 heavy (non-hydrogen) atoms. The normalized spacial score (nSPS) is 26.7. The molecule has 152 valence electrons. The van der Waals surface area contributed by atoms with Crippen LogP contribution in [0.3, 0.4) is 0 Å². The molecule has 2 aromatic rings. The average Bonchev–Trinajstić information content (AvgIpc) is 3.15. The first kappa shape index (κ1) is 19.1. The summed E-state index contributed by atoms with van der Waals surface area (Å²) >= 11 is 0. The van der Waals surface area contributed by atoms with Gasteiger partial charge in [-0.15, -0.1) is 14.8 Å². The van der Waals surface area contributed by atoms with E-state index < -0.39 is 0 Å². The van der Waals surface area contributed by atoms with Crippen molar-refractivity contribution in [2.24, 2.45) is 23.7 Å². The maximum absolute atomic E-state index is 12.8. The van der Waals surface area contributed by atoms with Gasteiger partial charge in [0.2, 0.25) is 0 Å². The highest BCUT2D eigenvalue weighted by atomic mass is 16.5. The number of ether oxygens (including phenoxy) is 1. The lowest BCUT2D eigenvalue weighted by atomic mass is 9.75. The van der Waals surface area contributed by atoms with Crippen LogP contribution in [0.2, 0.25) is 0 Å². The number of tetrazole rings is 1. The summed E-state index contributed by atoms with van der Waals surface area (Å²) in [6, 6.07) is 3.79. The Hall–Kier alpha value is -2.25. The Morgan fingerprint density at radius 3 is 2.71 bits per heavy atom. The lowest BCUT2D eigenvalue weighted by Crippen LogP contribution is -2.41. The van der Waals surface area contributed by atoms with Gasteiger partial charge >= 0.3 is 5.97 Å². The Labute approximate surface area is 165 Å². The van der Waals surface area contributed by atoms with E-state index in [1.165, 1.54) is 17.5 Å². The summed E-state index contributed by atoms with van der Waals surface area (Å²) in [5.74, 6) is 2.51. The van der Waals surface area contributed by atoms with Crippen molar-refractivity contribution in [1.82, 2.24) is 25.3 Å². The Morgan fingerprint density at radius 2 is 1.96 bits per heavy atom. The molecule has 1 aliphatic heterocycles. The maximum atomic E-state index is 12.8. The number of carbonyl (C=O) groups is 1. The van der Waals surface area contributed by atoms with Crippen molar-refractivity contribution in [3.8, 4) is 0 Å². The van der Waals surface area contributed by atoms with E-state index in [2.05, 4.69) is 46.3 Å². The Bertz CT molecular complexity index is 814. The van der Waals surface area contributed by atoms with Crippen molar-refractivity contribution >= 4 is 17.4 Å². The summed E-state index contributed by atoms with van der Waals surface area (Å²) in [7, 11) is 0. The Morgan fingerprint density at radius 1 is 1.18 bits per heavy atom. The highest BCUT2D eigenvalue weighted by molar-refractivity contribution is 5.73. The van der Waals surface area contributed by atoms with Crippen molar-refractivity contribution < 1.29 is 9.53 Å². The van der Waals surface area contributed by atoms with Crippen LogP contribution < -0.4 is 4.90 Å². The molecule has 0 spiro atoms. The molecule has 0 aromatic carbocycles. The SMILES string of the molecule is CC1CCC(C(C)C)C(OC(=O)C2CCN(c3ccc4nnnn4n3)CC2)C1. The molecule has 0 bridgehead atoms. The number of hydrogen-bond acceptors (Lipinski definition) is 7. The second-order valence-corrected chi connectivity index (χ2v) is 8.78. The van der Waals surface area contributed by atoms with Crippen LogP contribution in [0, 0.1) is 23.7 Å². The molecule has 3 unspecified atom stereocenters. The molecule has 1 saturated heterocycles. The molecule has 4 rings (SSSR count). The van der Waals surface area contributed by atoms with Crippen LogP contribution in [0.1, 0.15) is 52.9 Å². The molecule has 0 N–H and O–H groups in total. The Kier molecular flexibility index (Phi) is 5.46. The van der Waals surface area contributed by atoms with Crippen LogP contribution >= 0.6 is 0 Å². The summed E-state index contributed by atoms with van der Waals surface area (Å²) < 4.78 is 7.50. The van der Waals surface area contributed by atoms with E-state index in [0.29, 0.717) is 23.4 Å². The third-order valence-electron chi connectivity index (χ3n) is 6.44. The van der Waals surface area contributed by atoms with Gasteiger partial charge in [0, 0.05) is 13.1 Å². The molecule has 3 heterocycles. The van der Waals surface area contributed by atoms with Crippen LogP contribution in [-0.2, 0) is 9.53 Å². The van der Waals surface area contributed by atoms with Gasteiger partial charge in [-0.1, -0.05) is 27.2 Å². The quantitative estimate of drug-likeness (QED) is 0.747. The van der Waals surface area contributed by atoms with Crippen LogP contribution in [0.5, 0.6) is 0 Å². The number of esters is 1. The monoisotopic (exact) mass is 386 g/mol. The van der Waals surface area contributed by atoms with E-state index in [1.54, 1.807) is 0 Å². The molecule has 0 amide bonds. The zero-order valence-electron chi connectivity index (χ0n) is 17.0. The van der Waals surface area contributed by atoms with Gasteiger partial charge in [0.15, 0.2) is 11.5 Å². The van der Waals surface area contributed by atoms with E-state index in [4.69, 9.17) is 4.74 Å². The zero-order valence-corrected chi connectivity index (χ0v) is 17.0. The van der Waals surface area contributed by atoms with Crippen molar-refractivity contribution in [3.63, 3.8) is 0 Å². The van der Waals surface area contributed by atoms with Crippen molar-refractivity contribution in [2.45, 2.75) is 59.0 Å². The first-order valence-corrected chi connectivity index (χ1v) is 10.5. The van der Waals surface area contributed by atoms with Gasteiger partial charge in [-0.2, -0.15) is 0 Å². The van der Waals surface area contributed by atoms with Gasteiger partial charge < -0.3 is 9.64 Å². The molecule has 2 aromatic heterocycles. The topological polar surface area (TPSA) is 85.5 Å². The highest BCUT2D eigenvalue weighted by Gasteiger charge is 2.35. The van der Waals surface area contributed by atoms with Crippen molar-refractivity contribution in [2.75, 3.05) is 18.0 Å². The molecule has 1 saturated carbocycles. The van der Waals surface area contributed by atoms with Crippen LogP contribution in [0.25, 0.3) is 5.65 Å². The summed E-state index contributed by atoms with van der Waals surface area (Å²) in [4.78, 5) is 15.0. The second-order valence-electron chi connectivity index (χ2n) is 8.78. The minimum Gasteiger partial charge on any atom is -0.462 e. The van der Waals surface area contributed by atoms with E-state index in [9.17, 15) is 4.79 Å². The first-order chi connectivity index (χ1) is 13.5. The first-order valence-electron chi connectivity index (χ1n) is 10.5.